The molecule has 2 amide bonds. The third-order valence-electron chi connectivity index (χ3n) is 5.32. The molecule has 3 aromatic rings. The van der Waals surface area contributed by atoms with Crippen molar-refractivity contribution in [2.24, 2.45) is 0 Å². The number of anilines is 1. The summed E-state index contributed by atoms with van der Waals surface area (Å²) in [6, 6.07) is 16.5. The molecular formula is C23H24N4O3. The van der Waals surface area contributed by atoms with Crippen LogP contribution in [0.2, 0.25) is 0 Å². The van der Waals surface area contributed by atoms with Crippen molar-refractivity contribution < 1.29 is 14.1 Å². The van der Waals surface area contributed by atoms with Crippen molar-refractivity contribution in [1.29, 1.82) is 0 Å². The number of rotatable bonds is 4. The van der Waals surface area contributed by atoms with Crippen molar-refractivity contribution in [1.82, 2.24) is 15.0 Å². The van der Waals surface area contributed by atoms with Gasteiger partial charge < -0.3 is 19.6 Å². The first kappa shape index (κ1) is 19.8. The highest BCUT2D eigenvalue weighted by Crippen LogP contribution is 2.22. The van der Waals surface area contributed by atoms with Crippen LogP contribution in [0.1, 0.15) is 26.4 Å². The predicted molar refractivity (Wildman–Crippen MR) is 114 cm³/mol. The van der Waals surface area contributed by atoms with E-state index in [-0.39, 0.29) is 17.5 Å². The highest BCUT2D eigenvalue weighted by atomic mass is 16.5. The van der Waals surface area contributed by atoms with Gasteiger partial charge >= 0.3 is 0 Å². The number of aryl methyl sites for hydroxylation is 1. The molecular weight excluding hydrogens is 380 g/mol. The van der Waals surface area contributed by atoms with Crippen molar-refractivity contribution >= 4 is 17.5 Å². The van der Waals surface area contributed by atoms with E-state index in [0.717, 1.165) is 24.2 Å². The summed E-state index contributed by atoms with van der Waals surface area (Å²) in [5.74, 6) is 0.121. The molecule has 0 saturated carbocycles. The Balaban J connectivity index is 1.49. The number of benzene rings is 2. The number of nitrogens with one attached hydrogen (secondary N) is 1. The second-order valence-electron chi connectivity index (χ2n) is 7.52. The molecule has 1 fully saturated rings. The van der Waals surface area contributed by atoms with Crippen LogP contribution in [0.3, 0.4) is 0 Å². The molecule has 2 heterocycles. The predicted octanol–water partition coefficient (Wildman–Crippen LogP) is 3.29. The quantitative estimate of drug-likeness (QED) is 0.722. The van der Waals surface area contributed by atoms with Crippen LogP contribution in [0.5, 0.6) is 0 Å². The van der Waals surface area contributed by atoms with Crippen LogP contribution in [0.15, 0.2) is 59.1 Å². The minimum Gasteiger partial charge on any atom is -0.355 e. The van der Waals surface area contributed by atoms with Crippen LogP contribution in [0.25, 0.3) is 11.3 Å². The minimum atomic E-state index is -0.381. The molecule has 1 N–H and O–H groups in total. The molecule has 0 radical (unpaired) electrons. The summed E-state index contributed by atoms with van der Waals surface area (Å²) in [6.07, 6.45) is 0. The fourth-order valence-corrected chi connectivity index (χ4v) is 3.39. The van der Waals surface area contributed by atoms with E-state index < -0.39 is 0 Å². The van der Waals surface area contributed by atoms with Gasteiger partial charge in [-0.15, -0.1) is 0 Å². The van der Waals surface area contributed by atoms with Crippen molar-refractivity contribution in [3.8, 4) is 11.3 Å². The van der Waals surface area contributed by atoms with Gasteiger partial charge in [-0.05, 0) is 31.7 Å². The van der Waals surface area contributed by atoms with Crippen LogP contribution in [-0.2, 0) is 0 Å². The molecule has 7 nitrogen and oxygen atoms in total. The van der Waals surface area contributed by atoms with Crippen LogP contribution >= 0.6 is 0 Å². The van der Waals surface area contributed by atoms with Gasteiger partial charge in [-0.3, -0.25) is 9.59 Å². The molecule has 0 bridgehead atoms. The lowest BCUT2D eigenvalue weighted by molar-refractivity contribution is 0.0664. The topological polar surface area (TPSA) is 78.7 Å². The van der Waals surface area contributed by atoms with Crippen molar-refractivity contribution in [2.75, 3.05) is 38.5 Å². The Kier molecular flexibility index (Phi) is 5.63. The fourth-order valence-electron chi connectivity index (χ4n) is 3.39. The van der Waals surface area contributed by atoms with Gasteiger partial charge in [0.05, 0.1) is 0 Å². The number of piperazine rings is 1. The standard InChI is InChI=1S/C23H24N4O3/c1-16-8-9-18(23(29)27-12-10-26(2)11-13-27)14-19(16)24-22(28)20-15-21(30-25-20)17-6-4-3-5-7-17/h3-9,14-15H,10-13H2,1-2H3,(H,24,28). The zero-order valence-corrected chi connectivity index (χ0v) is 17.1. The number of likely N-dealkylation sites (N-methyl/N-ethyl adjacent to an activating group) is 1. The molecule has 1 saturated heterocycles. The highest BCUT2D eigenvalue weighted by Gasteiger charge is 2.21. The van der Waals surface area contributed by atoms with Crippen LogP contribution in [0, 0.1) is 6.92 Å². The van der Waals surface area contributed by atoms with Gasteiger partial charge in [-0.2, -0.15) is 0 Å². The summed E-state index contributed by atoms with van der Waals surface area (Å²) in [6.45, 7) is 5.00. The third-order valence-corrected chi connectivity index (χ3v) is 5.32. The van der Waals surface area contributed by atoms with Crippen molar-refractivity contribution in [2.45, 2.75) is 6.92 Å². The molecule has 0 aliphatic carbocycles. The van der Waals surface area contributed by atoms with E-state index in [9.17, 15) is 9.59 Å². The van der Waals surface area contributed by atoms with E-state index in [0.29, 0.717) is 30.1 Å². The van der Waals surface area contributed by atoms with Crippen LogP contribution in [0.4, 0.5) is 5.69 Å². The van der Waals surface area contributed by atoms with E-state index in [1.807, 2.05) is 48.2 Å². The lowest BCUT2D eigenvalue weighted by atomic mass is 10.1. The number of hydrogen-bond acceptors (Lipinski definition) is 5. The summed E-state index contributed by atoms with van der Waals surface area (Å²) in [4.78, 5) is 29.6. The first-order valence-corrected chi connectivity index (χ1v) is 9.93. The molecule has 0 spiro atoms. The zero-order valence-electron chi connectivity index (χ0n) is 17.1. The Hall–Kier alpha value is -3.45. The Morgan fingerprint density at radius 1 is 1.00 bits per heavy atom. The van der Waals surface area contributed by atoms with E-state index in [4.69, 9.17) is 4.52 Å². The monoisotopic (exact) mass is 404 g/mol. The van der Waals surface area contributed by atoms with E-state index in [1.165, 1.54) is 0 Å². The maximum Gasteiger partial charge on any atom is 0.277 e. The summed E-state index contributed by atoms with van der Waals surface area (Å²) in [5, 5.41) is 6.75. The average molecular weight is 404 g/mol. The zero-order chi connectivity index (χ0) is 21.1. The first-order chi connectivity index (χ1) is 14.5. The largest absolute Gasteiger partial charge is 0.355 e. The second-order valence-corrected chi connectivity index (χ2v) is 7.52. The van der Waals surface area contributed by atoms with Gasteiger partial charge in [0, 0.05) is 49.1 Å². The lowest BCUT2D eigenvalue weighted by Gasteiger charge is -2.32. The Bertz CT molecular complexity index is 1050. The van der Waals surface area contributed by atoms with Crippen molar-refractivity contribution in [3.05, 3.63) is 71.4 Å². The van der Waals surface area contributed by atoms with Gasteiger partial charge in [0.15, 0.2) is 11.5 Å². The molecule has 4 rings (SSSR count). The number of hydrogen-bond donors (Lipinski definition) is 1. The number of amides is 2. The van der Waals surface area contributed by atoms with E-state index in [1.54, 1.807) is 18.2 Å². The Morgan fingerprint density at radius 2 is 1.73 bits per heavy atom. The molecule has 1 aliphatic heterocycles. The normalized spacial score (nSPS) is 14.5. The smallest absolute Gasteiger partial charge is 0.277 e. The number of aromatic nitrogens is 1. The molecule has 154 valence electrons. The third kappa shape index (κ3) is 4.26. The fraction of sp³-hybridized carbons (Fsp3) is 0.261. The SMILES string of the molecule is Cc1ccc(C(=O)N2CCN(C)CC2)cc1NC(=O)c1cc(-c2ccccc2)on1. The van der Waals surface area contributed by atoms with Gasteiger partial charge in [0.2, 0.25) is 0 Å². The van der Waals surface area contributed by atoms with E-state index in [2.05, 4.69) is 22.4 Å². The summed E-state index contributed by atoms with van der Waals surface area (Å²) in [7, 11) is 2.05. The molecule has 7 heteroatoms. The molecule has 1 aliphatic rings. The Morgan fingerprint density at radius 3 is 2.47 bits per heavy atom. The van der Waals surface area contributed by atoms with Gasteiger partial charge in [0.25, 0.3) is 11.8 Å². The molecule has 2 aromatic carbocycles. The average Bonchev–Trinajstić information content (AvgIpc) is 3.26. The number of carbonyl (C=O) groups excluding carboxylic acids is 2. The van der Waals surface area contributed by atoms with Gasteiger partial charge in [-0.1, -0.05) is 41.6 Å². The van der Waals surface area contributed by atoms with Crippen molar-refractivity contribution in [3.63, 3.8) is 0 Å². The molecule has 30 heavy (non-hydrogen) atoms. The Labute approximate surface area is 175 Å². The summed E-state index contributed by atoms with van der Waals surface area (Å²) >= 11 is 0. The summed E-state index contributed by atoms with van der Waals surface area (Å²) in [5.41, 5.74) is 3.05. The van der Waals surface area contributed by atoms with E-state index >= 15 is 0 Å². The maximum atomic E-state index is 12.9. The molecule has 0 unspecified atom stereocenters. The minimum absolute atomic E-state index is 0.0219. The molecule has 0 atom stereocenters. The lowest BCUT2D eigenvalue weighted by Crippen LogP contribution is -2.47. The first-order valence-electron chi connectivity index (χ1n) is 9.93. The maximum absolute atomic E-state index is 12.9. The number of carbonyl (C=O) groups is 2. The van der Waals surface area contributed by atoms with Crippen LogP contribution < -0.4 is 5.32 Å². The van der Waals surface area contributed by atoms with Crippen LogP contribution in [-0.4, -0.2) is 60.0 Å². The summed E-state index contributed by atoms with van der Waals surface area (Å²) < 4.78 is 5.31. The second kappa shape index (κ2) is 8.51. The van der Waals surface area contributed by atoms with Gasteiger partial charge in [-0.25, -0.2) is 0 Å². The number of nitrogens with zero attached hydrogens (tertiary/aromatic N) is 3. The molecule has 1 aromatic heterocycles. The van der Waals surface area contributed by atoms with Gasteiger partial charge in [0.1, 0.15) is 0 Å². The highest BCUT2D eigenvalue weighted by molar-refractivity contribution is 6.04.